The summed E-state index contributed by atoms with van der Waals surface area (Å²) in [5.41, 5.74) is 4.50. The second-order valence-corrected chi connectivity index (χ2v) is 5.15. The number of benzene rings is 1. The lowest BCUT2D eigenvalue weighted by molar-refractivity contribution is 0.496. The Bertz CT molecular complexity index is 505. The molecule has 0 spiro atoms. The molecule has 17 heavy (non-hydrogen) atoms. The molecule has 0 aliphatic rings. The minimum atomic E-state index is -3.81. The molecule has 0 aromatic heterocycles. The number of hydrogen-bond acceptors (Lipinski definition) is 3. The number of halogens is 3. The van der Waals surface area contributed by atoms with Crippen LogP contribution in [0.4, 0.5) is 18.9 Å². The molecule has 8 heteroatoms. The first-order valence-electron chi connectivity index (χ1n) is 4.71. The second-order valence-electron chi connectivity index (χ2n) is 3.31. The molecule has 0 saturated carbocycles. The lowest BCUT2D eigenvalue weighted by Crippen LogP contribution is -2.19. The van der Waals surface area contributed by atoms with E-state index in [1.54, 1.807) is 0 Å². The van der Waals surface area contributed by atoms with Crippen molar-refractivity contribution in [2.24, 2.45) is 5.73 Å². The second kappa shape index (κ2) is 5.37. The predicted molar refractivity (Wildman–Crippen MR) is 57.4 cm³/mol. The first-order valence-corrected chi connectivity index (χ1v) is 6.36. The van der Waals surface area contributed by atoms with Crippen LogP contribution in [0.15, 0.2) is 12.1 Å². The van der Waals surface area contributed by atoms with Crippen LogP contribution in [-0.2, 0) is 10.0 Å². The van der Waals surface area contributed by atoms with Crippen LogP contribution in [0.1, 0.15) is 6.42 Å². The van der Waals surface area contributed by atoms with Gasteiger partial charge in [0.15, 0.2) is 11.6 Å². The third-order valence-electron chi connectivity index (χ3n) is 1.89. The van der Waals surface area contributed by atoms with Gasteiger partial charge in [-0.2, -0.15) is 0 Å². The molecule has 4 nitrogen and oxygen atoms in total. The maximum absolute atomic E-state index is 13.1. The topological polar surface area (TPSA) is 72.2 Å². The van der Waals surface area contributed by atoms with Gasteiger partial charge in [-0.05, 0) is 13.0 Å². The van der Waals surface area contributed by atoms with E-state index in [4.69, 9.17) is 5.73 Å². The summed E-state index contributed by atoms with van der Waals surface area (Å²) in [7, 11) is -3.81. The van der Waals surface area contributed by atoms with E-state index in [2.05, 4.69) is 0 Å². The zero-order chi connectivity index (χ0) is 13.1. The smallest absolute Gasteiger partial charge is 0.232 e. The van der Waals surface area contributed by atoms with E-state index in [1.165, 1.54) is 0 Å². The summed E-state index contributed by atoms with van der Waals surface area (Å²) in [6.45, 7) is 0.154. The van der Waals surface area contributed by atoms with Crippen molar-refractivity contribution in [2.45, 2.75) is 6.42 Å². The summed E-state index contributed by atoms with van der Waals surface area (Å²) >= 11 is 0. The van der Waals surface area contributed by atoms with Crippen LogP contribution in [0.3, 0.4) is 0 Å². The molecule has 0 amide bonds. The number of sulfonamides is 1. The fraction of sp³-hybridized carbons (Fsp3) is 0.333. The molecule has 1 rings (SSSR count). The molecule has 0 bridgehead atoms. The summed E-state index contributed by atoms with van der Waals surface area (Å²) in [6.07, 6.45) is 0.181. The Labute approximate surface area is 96.7 Å². The Hall–Kier alpha value is -1.28. The quantitative estimate of drug-likeness (QED) is 0.788. The number of anilines is 1. The summed E-state index contributed by atoms with van der Waals surface area (Å²) in [5.74, 6) is -4.21. The highest BCUT2D eigenvalue weighted by Crippen LogP contribution is 2.19. The van der Waals surface area contributed by atoms with Crippen molar-refractivity contribution in [1.82, 2.24) is 0 Å². The highest BCUT2D eigenvalue weighted by molar-refractivity contribution is 7.92. The Morgan fingerprint density at radius 3 is 2.29 bits per heavy atom. The first kappa shape index (κ1) is 13.8. The van der Waals surface area contributed by atoms with Crippen LogP contribution >= 0.6 is 0 Å². The van der Waals surface area contributed by atoms with Gasteiger partial charge < -0.3 is 5.73 Å². The number of rotatable bonds is 5. The number of nitrogens with one attached hydrogen (secondary N) is 1. The fourth-order valence-electron chi connectivity index (χ4n) is 1.09. The minimum Gasteiger partial charge on any atom is -0.330 e. The maximum Gasteiger partial charge on any atom is 0.232 e. The van der Waals surface area contributed by atoms with Gasteiger partial charge in [-0.1, -0.05) is 0 Å². The van der Waals surface area contributed by atoms with Crippen LogP contribution in [0, 0.1) is 17.5 Å². The van der Waals surface area contributed by atoms with Gasteiger partial charge in [0, 0.05) is 12.1 Å². The molecule has 1 aromatic rings. The SMILES string of the molecule is NCCCS(=O)(=O)Nc1cc(F)c(F)cc1F. The van der Waals surface area contributed by atoms with Crippen molar-refractivity contribution < 1.29 is 21.6 Å². The predicted octanol–water partition coefficient (Wildman–Crippen LogP) is 1.19. The molecule has 0 radical (unpaired) electrons. The molecule has 0 saturated heterocycles. The van der Waals surface area contributed by atoms with Crippen molar-refractivity contribution in [1.29, 1.82) is 0 Å². The van der Waals surface area contributed by atoms with E-state index in [-0.39, 0.29) is 24.8 Å². The zero-order valence-corrected chi connectivity index (χ0v) is 9.53. The molecular weight excluding hydrogens is 257 g/mol. The first-order chi connectivity index (χ1) is 7.85. The average Bonchev–Trinajstić information content (AvgIpc) is 2.23. The van der Waals surface area contributed by atoms with Crippen LogP contribution in [0.5, 0.6) is 0 Å². The Morgan fingerprint density at radius 2 is 1.71 bits per heavy atom. The number of hydrogen-bond donors (Lipinski definition) is 2. The Kier molecular flexibility index (Phi) is 4.35. The maximum atomic E-state index is 13.1. The van der Waals surface area contributed by atoms with Gasteiger partial charge in [0.05, 0.1) is 11.4 Å². The number of nitrogens with two attached hydrogens (primary N) is 1. The average molecular weight is 268 g/mol. The molecule has 0 aliphatic heterocycles. The van der Waals surface area contributed by atoms with Gasteiger partial charge in [0.25, 0.3) is 0 Å². The minimum absolute atomic E-state index is 0.154. The summed E-state index contributed by atoms with van der Waals surface area (Å²) < 4.78 is 63.0. The van der Waals surface area contributed by atoms with Crippen LogP contribution in [0.25, 0.3) is 0 Å². The molecule has 0 aliphatic carbocycles. The molecule has 3 N–H and O–H groups in total. The van der Waals surface area contributed by atoms with Gasteiger partial charge in [0.2, 0.25) is 10.0 Å². The van der Waals surface area contributed by atoms with Crippen molar-refractivity contribution >= 4 is 15.7 Å². The molecule has 0 fully saturated rings. The molecule has 0 atom stereocenters. The molecule has 96 valence electrons. The van der Waals surface area contributed by atoms with E-state index < -0.39 is 33.2 Å². The Balaban J connectivity index is 2.92. The van der Waals surface area contributed by atoms with Crippen molar-refractivity contribution in [3.8, 4) is 0 Å². The third kappa shape index (κ3) is 3.90. The molecule has 1 aromatic carbocycles. The van der Waals surface area contributed by atoms with E-state index >= 15 is 0 Å². The molecule has 0 heterocycles. The van der Waals surface area contributed by atoms with Gasteiger partial charge >= 0.3 is 0 Å². The molecular formula is C9H11F3N2O2S. The summed E-state index contributed by atoms with van der Waals surface area (Å²) in [6, 6.07) is 0.723. The lowest BCUT2D eigenvalue weighted by atomic mass is 10.3. The van der Waals surface area contributed by atoms with Gasteiger partial charge in [-0.3, -0.25) is 4.72 Å². The highest BCUT2D eigenvalue weighted by Gasteiger charge is 2.15. The van der Waals surface area contributed by atoms with Crippen LogP contribution in [-0.4, -0.2) is 20.7 Å². The van der Waals surface area contributed by atoms with E-state index in [0.717, 1.165) is 0 Å². The molecule has 0 unspecified atom stereocenters. The normalized spacial score (nSPS) is 11.5. The van der Waals surface area contributed by atoms with Gasteiger partial charge in [-0.25, -0.2) is 21.6 Å². The third-order valence-corrected chi connectivity index (χ3v) is 3.25. The van der Waals surface area contributed by atoms with E-state index in [0.29, 0.717) is 6.07 Å². The zero-order valence-electron chi connectivity index (χ0n) is 8.71. The van der Waals surface area contributed by atoms with E-state index in [1.807, 2.05) is 4.72 Å². The summed E-state index contributed by atoms with van der Waals surface area (Å²) in [5, 5.41) is 0. The van der Waals surface area contributed by atoms with Gasteiger partial charge in [-0.15, -0.1) is 0 Å². The van der Waals surface area contributed by atoms with Crippen molar-refractivity contribution in [3.63, 3.8) is 0 Å². The van der Waals surface area contributed by atoms with Crippen molar-refractivity contribution in [2.75, 3.05) is 17.0 Å². The van der Waals surface area contributed by atoms with Gasteiger partial charge in [0.1, 0.15) is 5.82 Å². The fourth-order valence-corrected chi connectivity index (χ4v) is 2.23. The Morgan fingerprint density at radius 1 is 1.12 bits per heavy atom. The van der Waals surface area contributed by atoms with Crippen LogP contribution < -0.4 is 10.5 Å². The van der Waals surface area contributed by atoms with Crippen LogP contribution in [0.2, 0.25) is 0 Å². The highest BCUT2D eigenvalue weighted by atomic mass is 32.2. The monoisotopic (exact) mass is 268 g/mol. The van der Waals surface area contributed by atoms with Crippen molar-refractivity contribution in [3.05, 3.63) is 29.6 Å². The standard InChI is InChI=1S/C9H11F3N2O2S/c10-6-4-8(12)9(5-7(6)11)14-17(15,16)3-1-2-13/h4-5,14H,1-3,13H2. The lowest BCUT2D eigenvalue weighted by Gasteiger charge is -2.08. The summed E-state index contributed by atoms with van der Waals surface area (Å²) in [4.78, 5) is 0. The van der Waals surface area contributed by atoms with E-state index in [9.17, 15) is 21.6 Å². The largest absolute Gasteiger partial charge is 0.330 e.